The van der Waals surface area contributed by atoms with E-state index in [2.05, 4.69) is 30.6 Å². The number of aryl methyl sites for hydroxylation is 1. The van der Waals surface area contributed by atoms with E-state index in [9.17, 15) is 0 Å². The summed E-state index contributed by atoms with van der Waals surface area (Å²) in [5, 5.41) is 9.03. The molecule has 0 saturated heterocycles. The molecule has 20 heavy (non-hydrogen) atoms. The van der Waals surface area contributed by atoms with Crippen molar-refractivity contribution in [3.8, 4) is 6.01 Å². The molecule has 0 aliphatic heterocycles. The molecule has 0 aliphatic rings. The van der Waals surface area contributed by atoms with Gasteiger partial charge in [-0.25, -0.2) is 4.98 Å². The third-order valence-corrected chi connectivity index (χ3v) is 3.30. The van der Waals surface area contributed by atoms with E-state index in [0.29, 0.717) is 31.1 Å². The average molecular weight is 294 g/mol. The molecule has 0 radical (unpaired) electrons. The molecule has 0 aliphatic carbocycles. The van der Waals surface area contributed by atoms with Gasteiger partial charge in [-0.05, 0) is 13.3 Å². The molecule has 0 saturated carbocycles. The Balaban J connectivity index is 2.05. The molecule has 0 amide bonds. The Bertz CT molecular complexity index is 559. The molecule has 0 unspecified atom stereocenters. The smallest absolute Gasteiger partial charge is 0.323 e. The first-order chi connectivity index (χ1) is 9.71. The number of nitrogens with zero attached hydrogens (tertiary/aromatic N) is 4. The highest BCUT2D eigenvalue weighted by Gasteiger charge is 2.07. The minimum atomic E-state index is 0.323. The van der Waals surface area contributed by atoms with Gasteiger partial charge < -0.3 is 15.4 Å². The molecule has 7 nitrogen and oxygen atoms in total. The van der Waals surface area contributed by atoms with E-state index in [1.54, 1.807) is 18.4 Å². The molecule has 0 aromatic carbocycles. The number of hydrogen-bond acceptors (Lipinski definition) is 8. The maximum Gasteiger partial charge on any atom is 0.323 e. The highest BCUT2D eigenvalue weighted by molar-refractivity contribution is 7.09. The summed E-state index contributed by atoms with van der Waals surface area (Å²) >= 11 is 1.61. The zero-order valence-electron chi connectivity index (χ0n) is 11.8. The molecule has 0 spiro atoms. The van der Waals surface area contributed by atoms with Gasteiger partial charge in [-0.15, -0.1) is 11.3 Å². The van der Waals surface area contributed by atoms with Crippen molar-refractivity contribution in [1.29, 1.82) is 0 Å². The normalized spacial score (nSPS) is 10.3. The summed E-state index contributed by atoms with van der Waals surface area (Å²) in [6, 6.07) is 0.323. The van der Waals surface area contributed by atoms with Gasteiger partial charge in [-0.3, -0.25) is 0 Å². The van der Waals surface area contributed by atoms with Crippen LogP contribution in [0.4, 0.5) is 11.9 Å². The third kappa shape index (κ3) is 4.02. The number of nitrogens with one attached hydrogen (secondary N) is 2. The van der Waals surface area contributed by atoms with Gasteiger partial charge in [0.25, 0.3) is 0 Å². The molecule has 0 fully saturated rings. The van der Waals surface area contributed by atoms with Crippen LogP contribution in [0.5, 0.6) is 6.01 Å². The first-order valence-corrected chi connectivity index (χ1v) is 7.30. The summed E-state index contributed by atoms with van der Waals surface area (Å²) in [4.78, 5) is 17.0. The van der Waals surface area contributed by atoms with Crippen LogP contribution in [0, 0.1) is 6.92 Å². The van der Waals surface area contributed by atoms with Crippen molar-refractivity contribution in [3.05, 3.63) is 16.1 Å². The summed E-state index contributed by atoms with van der Waals surface area (Å²) in [6.07, 6.45) is 0.904. The van der Waals surface area contributed by atoms with Crippen molar-refractivity contribution in [1.82, 2.24) is 19.9 Å². The summed E-state index contributed by atoms with van der Waals surface area (Å²) < 4.78 is 5.44. The van der Waals surface area contributed by atoms with E-state index in [0.717, 1.165) is 17.1 Å². The molecular weight excluding hydrogens is 276 g/mol. The minimum Gasteiger partial charge on any atom is -0.463 e. The standard InChI is InChI=1S/C12H18N6OS/c1-4-5-19-12-17-10(13-3)16-11(18-12)14-6-9-15-8(2)7-20-9/h7H,4-6H2,1-3H3,(H2,13,14,16,17,18). The SMILES string of the molecule is CCCOc1nc(NC)nc(NCc2nc(C)cs2)n1. The van der Waals surface area contributed by atoms with E-state index in [4.69, 9.17) is 4.74 Å². The monoisotopic (exact) mass is 294 g/mol. The third-order valence-electron chi connectivity index (χ3n) is 2.34. The van der Waals surface area contributed by atoms with Crippen molar-refractivity contribution in [2.45, 2.75) is 26.8 Å². The highest BCUT2D eigenvalue weighted by atomic mass is 32.1. The summed E-state index contributed by atoms with van der Waals surface area (Å²) in [5.41, 5.74) is 1.02. The second kappa shape index (κ2) is 6.99. The highest BCUT2D eigenvalue weighted by Crippen LogP contribution is 2.14. The molecule has 8 heteroatoms. The lowest BCUT2D eigenvalue weighted by atomic mass is 10.5. The largest absolute Gasteiger partial charge is 0.463 e. The summed E-state index contributed by atoms with van der Waals surface area (Å²) in [5.74, 6) is 0.951. The number of thiazole rings is 1. The van der Waals surface area contributed by atoms with Crippen LogP contribution in [0.2, 0.25) is 0 Å². The minimum absolute atomic E-state index is 0.323. The van der Waals surface area contributed by atoms with E-state index in [-0.39, 0.29) is 0 Å². The van der Waals surface area contributed by atoms with Crippen molar-refractivity contribution in [2.24, 2.45) is 0 Å². The van der Waals surface area contributed by atoms with Crippen LogP contribution in [-0.4, -0.2) is 33.6 Å². The van der Waals surface area contributed by atoms with E-state index < -0.39 is 0 Å². The Labute approximate surface area is 121 Å². The molecule has 2 heterocycles. The Hall–Kier alpha value is -1.96. The van der Waals surface area contributed by atoms with Crippen LogP contribution in [0.15, 0.2) is 5.38 Å². The van der Waals surface area contributed by atoms with E-state index in [1.165, 1.54) is 0 Å². The Morgan fingerprint density at radius 1 is 1.20 bits per heavy atom. The fraction of sp³-hybridized carbons (Fsp3) is 0.500. The van der Waals surface area contributed by atoms with Crippen molar-refractivity contribution in [3.63, 3.8) is 0 Å². The second-order valence-electron chi connectivity index (χ2n) is 4.10. The van der Waals surface area contributed by atoms with Gasteiger partial charge in [0, 0.05) is 18.1 Å². The molecule has 0 atom stereocenters. The quantitative estimate of drug-likeness (QED) is 0.808. The number of aromatic nitrogens is 4. The predicted octanol–water partition coefficient (Wildman–Crippen LogP) is 2.08. The van der Waals surface area contributed by atoms with Crippen LogP contribution in [-0.2, 0) is 6.54 Å². The Morgan fingerprint density at radius 3 is 2.65 bits per heavy atom. The van der Waals surface area contributed by atoms with Crippen molar-refractivity contribution >= 4 is 23.2 Å². The fourth-order valence-corrected chi connectivity index (χ4v) is 2.16. The van der Waals surface area contributed by atoms with Gasteiger partial charge in [0.05, 0.1) is 13.2 Å². The van der Waals surface area contributed by atoms with Crippen LogP contribution in [0.25, 0.3) is 0 Å². The zero-order valence-corrected chi connectivity index (χ0v) is 12.6. The first-order valence-electron chi connectivity index (χ1n) is 6.42. The Kier molecular flexibility index (Phi) is 5.05. The van der Waals surface area contributed by atoms with Gasteiger partial charge in [0.15, 0.2) is 0 Å². The molecule has 0 bridgehead atoms. The van der Waals surface area contributed by atoms with Gasteiger partial charge in [-0.2, -0.15) is 15.0 Å². The summed E-state index contributed by atoms with van der Waals surface area (Å²) in [7, 11) is 1.76. The number of rotatable bonds is 7. The van der Waals surface area contributed by atoms with E-state index in [1.807, 2.05) is 19.2 Å². The zero-order chi connectivity index (χ0) is 14.4. The van der Waals surface area contributed by atoms with Crippen molar-refractivity contribution < 1.29 is 4.74 Å². The maximum absolute atomic E-state index is 5.44. The lowest BCUT2D eigenvalue weighted by Crippen LogP contribution is -2.09. The molecule has 2 N–H and O–H groups in total. The summed E-state index contributed by atoms with van der Waals surface area (Å²) in [6.45, 7) is 5.17. The van der Waals surface area contributed by atoms with Crippen LogP contribution < -0.4 is 15.4 Å². The van der Waals surface area contributed by atoms with Gasteiger partial charge in [-0.1, -0.05) is 6.92 Å². The topological polar surface area (TPSA) is 84.9 Å². The average Bonchev–Trinajstić information content (AvgIpc) is 2.88. The van der Waals surface area contributed by atoms with Crippen LogP contribution in [0.3, 0.4) is 0 Å². The van der Waals surface area contributed by atoms with Gasteiger partial charge >= 0.3 is 6.01 Å². The second-order valence-corrected chi connectivity index (χ2v) is 5.04. The maximum atomic E-state index is 5.44. The Morgan fingerprint density at radius 2 is 2.00 bits per heavy atom. The van der Waals surface area contributed by atoms with E-state index >= 15 is 0 Å². The molecule has 2 aromatic heterocycles. The molecule has 2 aromatic rings. The van der Waals surface area contributed by atoms with Gasteiger partial charge in [0.2, 0.25) is 11.9 Å². The number of ether oxygens (including phenoxy) is 1. The van der Waals surface area contributed by atoms with Crippen LogP contribution in [0.1, 0.15) is 24.0 Å². The predicted molar refractivity (Wildman–Crippen MR) is 79.3 cm³/mol. The fourth-order valence-electron chi connectivity index (χ4n) is 1.44. The molecular formula is C12H18N6OS. The van der Waals surface area contributed by atoms with Gasteiger partial charge in [0.1, 0.15) is 5.01 Å². The van der Waals surface area contributed by atoms with Crippen LogP contribution >= 0.6 is 11.3 Å². The lowest BCUT2D eigenvalue weighted by Gasteiger charge is -2.08. The van der Waals surface area contributed by atoms with Crippen molar-refractivity contribution in [2.75, 3.05) is 24.3 Å². The molecule has 108 valence electrons. The molecule has 2 rings (SSSR count). The lowest BCUT2D eigenvalue weighted by molar-refractivity contribution is 0.292. The first kappa shape index (κ1) is 14.4. The number of anilines is 2. The number of hydrogen-bond donors (Lipinski definition) is 2.